The van der Waals surface area contributed by atoms with Crippen molar-refractivity contribution >= 4 is 43.6 Å². The van der Waals surface area contributed by atoms with Gasteiger partial charge in [-0.25, -0.2) is 0 Å². The van der Waals surface area contributed by atoms with Crippen LogP contribution in [0.2, 0.25) is 0 Å². The van der Waals surface area contributed by atoms with Gasteiger partial charge in [-0.3, -0.25) is 0 Å². The Balaban J connectivity index is 2.42. The molecule has 7 heavy (non-hydrogen) atoms. The number of halogens is 2. The van der Waals surface area contributed by atoms with E-state index in [1.807, 2.05) is 5.41 Å². The molecule has 1 aliphatic rings. The summed E-state index contributed by atoms with van der Waals surface area (Å²) in [5, 5.41) is 5.09. The second-order valence-electron chi connectivity index (χ2n) is 1.06. The Hall–Kier alpha value is 0.850. The minimum absolute atomic E-state index is 0.363. The van der Waals surface area contributed by atoms with Crippen molar-refractivity contribution in [3.8, 4) is 0 Å². The van der Waals surface area contributed by atoms with Gasteiger partial charge in [0.1, 0.15) is 4.28 Å². The molecule has 1 N–H and O–H groups in total. The predicted octanol–water partition coefficient (Wildman–Crippen LogP) is 2.20. The Labute approximate surface area is 63.2 Å². The van der Waals surface area contributed by atoms with Crippen molar-refractivity contribution in [2.24, 2.45) is 0 Å². The molecule has 0 amide bonds. The Morgan fingerprint density at radius 1 is 1.86 bits per heavy atom. The second-order valence-corrected chi connectivity index (χ2v) is 4.42. The third kappa shape index (κ3) is 1.66. The van der Waals surface area contributed by atoms with E-state index in [2.05, 4.69) is 37.2 Å². The topological polar surface area (TPSA) is 12.0 Å². The van der Waals surface area contributed by atoms with Crippen LogP contribution in [0, 0.1) is 0 Å². The summed E-state index contributed by atoms with van der Waals surface area (Å²) in [5.74, 6) is 0. The minimum atomic E-state index is 0.363. The van der Waals surface area contributed by atoms with Crippen LogP contribution in [0.1, 0.15) is 0 Å². The highest BCUT2D eigenvalue weighted by molar-refractivity contribution is 9.12. The van der Waals surface area contributed by atoms with Crippen LogP contribution in [-0.4, -0.2) is 4.28 Å². The maximum absolute atomic E-state index is 3.35. The fourth-order valence-corrected chi connectivity index (χ4v) is 2.38. The molecule has 1 heterocycles. The van der Waals surface area contributed by atoms with Gasteiger partial charge in [0, 0.05) is 5.41 Å². The first kappa shape index (κ1) is 5.98. The lowest BCUT2D eigenvalue weighted by Gasteiger charge is -1.97. The van der Waals surface area contributed by atoms with Crippen LogP contribution in [0.3, 0.4) is 0 Å². The normalized spacial score (nSPS) is 29.4. The molecule has 40 valence electrons. The predicted molar refractivity (Wildman–Crippen MR) is 40.5 cm³/mol. The maximum atomic E-state index is 3.35. The van der Waals surface area contributed by atoms with Gasteiger partial charge in [-0.05, 0) is 15.9 Å². The highest BCUT2D eigenvalue weighted by atomic mass is 79.9. The molecular weight excluding hydrogens is 242 g/mol. The lowest BCUT2D eigenvalue weighted by Crippen LogP contribution is -2.09. The molecule has 4 heteroatoms. The number of rotatable bonds is 0. The molecule has 0 aromatic rings. The van der Waals surface area contributed by atoms with E-state index in [4.69, 9.17) is 0 Å². The number of alkyl halides is 1. The highest BCUT2D eigenvalue weighted by Crippen LogP contribution is 2.27. The van der Waals surface area contributed by atoms with Gasteiger partial charge < -0.3 is 5.32 Å². The number of hydrogen-bond acceptors (Lipinski definition) is 2. The average molecular weight is 245 g/mol. The lowest BCUT2D eigenvalue weighted by molar-refractivity contribution is 1.03. The van der Waals surface area contributed by atoms with Crippen molar-refractivity contribution in [2.75, 3.05) is 0 Å². The smallest absolute Gasteiger partial charge is 0.133 e. The molecule has 0 spiro atoms. The summed E-state index contributed by atoms with van der Waals surface area (Å²) in [6, 6.07) is 0. The molecule has 0 fully saturated rings. The zero-order chi connectivity index (χ0) is 5.28. The Kier molecular flexibility index (Phi) is 2.06. The quantitative estimate of drug-likeness (QED) is 0.518. The Morgan fingerprint density at radius 3 is 2.71 bits per heavy atom. The molecule has 0 aromatic carbocycles. The molecule has 0 bridgehead atoms. The van der Waals surface area contributed by atoms with Gasteiger partial charge in [0.15, 0.2) is 0 Å². The lowest BCUT2D eigenvalue weighted by atomic mass is 11.0. The van der Waals surface area contributed by atoms with Crippen molar-refractivity contribution < 1.29 is 0 Å². The maximum Gasteiger partial charge on any atom is 0.133 e. The minimum Gasteiger partial charge on any atom is -0.358 e. The van der Waals surface area contributed by atoms with E-state index in [9.17, 15) is 0 Å². The number of hydrogen-bond donors (Lipinski definition) is 1. The summed E-state index contributed by atoms with van der Waals surface area (Å²) in [6.07, 6.45) is 0. The van der Waals surface area contributed by atoms with Crippen molar-refractivity contribution in [2.45, 2.75) is 4.28 Å². The first-order valence-electron chi connectivity index (χ1n) is 1.71. The van der Waals surface area contributed by atoms with Gasteiger partial charge in [-0.1, -0.05) is 27.7 Å². The van der Waals surface area contributed by atoms with Crippen LogP contribution in [0.4, 0.5) is 0 Å². The SMILES string of the molecule is BrC1=CSC(Br)N1. The molecule has 1 nitrogen and oxygen atoms in total. The van der Waals surface area contributed by atoms with Gasteiger partial charge in [-0.15, -0.1) is 0 Å². The van der Waals surface area contributed by atoms with Gasteiger partial charge >= 0.3 is 0 Å². The fourth-order valence-electron chi connectivity index (χ4n) is 0.296. The first-order valence-corrected chi connectivity index (χ1v) is 4.36. The summed E-state index contributed by atoms with van der Waals surface area (Å²) < 4.78 is 1.42. The fraction of sp³-hybridized carbons (Fsp3) is 0.333. The molecule has 1 aliphatic heterocycles. The van der Waals surface area contributed by atoms with Crippen LogP contribution in [0.5, 0.6) is 0 Å². The second kappa shape index (κ2) is 2.42. The first-order chi connectivity index (χ1) is 3.29. The zero-order valence-corrected chi connectivity index (χ0v) is 7.31. The molecule has 1 unspecified atom stereocenters. The molecule has 0 saturated carbocycles. The van der Waals surface area contributed by atoms with E-state index in [0.29, 0.717) is 4.28 Å². The third-order valence-corrected chi connectivity index (χ3v) is 2.91. The molecule has 0 aromatic heterocycles. The molecular formula is C3H3Br2NS. The van der Waals surface area contributed by atoms with E-state index >= 15 is 0 Å². The van der Waals surface area contributed by atoms with Crippen LogP contribution in [0.15, 0.2) is 10.0 Å². The summed E-state index contributed by atoms with van der Waals surface area (Å²) in [5.41, 5.74) is 0. The Morgan fingerprint density at radius 2 is 2.57 bits per heavy atom. The van der Waals surface area contributed by atoms with Crippen molar-refractivity contribution in [1.29, 1.82) is 0 Å². The van der Waals surface area contributed by atoms with E-state index in [0.717, 1.165) is 4.61 Å². The van der Waals surface area contributed by atoms with E-state index in [-0.39, 0.29) is 0 Å². The standard InChI is InChI=1S/C3H3Br2NS/c4-2-1-7-3(5)6-2/h1,3,6H. The van der Waals surface area contributed by atoms with Gasteiger partial charge in [0.05, 0.1) is 4.61 Å². The van der Waals surface area contributed by atoms with E-state index in [1.165, 1.54) is 0 Å². The number of nitrogens with one attached hydrogen (secondary N) is 1. The molecule has 0 radical (unpaired) electrons. The van der Waals surface area contributed by atoms with Crippen molar-refractivity contribution in [3.63, 3.8) is 0 Å². The summed E-state index contributed by atoms with van der Waals surface area (Å²) >= 11 is 8.33. The summed E-state index contributed by atoms with van der Waals surface area (Å²) in [4.78, 5) is 0. The largest absolute Gasteiger partial charge is 0.358 e. The van der Waals surface area contributed by atoms with Crippen LogP contribution in [0.25, 0.3) is 0 Å². The monoisotopic (exact) mass is 243 g/mol. The van der Waals surface area contributed by atoms with Gasteiger partial charge in [0.25, 0.3) is 0 Å². The van der Waals surface area contributed by atoms with Crippen LogP contribution < -0.4 is 5.32 Å². The molecule has 0 aliphatic carbocycles. The zero-order valence-electron chi connectivity index (χ0n) is 3.32. The van der Waals surface area contributed by atoms with Gasteiger partial charge in [0.2, 0.25) is 0 Å². The summed E-state index contributed by atoms with van der Waals surface area (Å²) in [7, 11) is 0. The highest BCUT2D eigenvalue weighted by Gasteiger charge is 2.08. The Bertz CT molecular complexity index is 103. The van der Waals surface area contributed by atoms with Crippen LogP contribution in [-0.2, 0) is 0 Å². The van der Waals surface area contributed by atoms with Crippen molar-refractivity contribution in [3.05, 3.63) is 10.0 Å². The molecule has 0 saturated heterocycles. The van der Waals surface area contributed by atoms with Gasteiger partial charge in [-0.2, -0.15) is 0 Å². The van der Waals surface area contributed by atoms with Crippen molar-refractivity contribution in [1.82, 2.24) is 5.32 Å². The average Bonchev–Trinajstić information content (AvgIpc) is 1.87. The molecule has 1 atom stereocenters. The summed E-state index contributed by atoms with van der Waals surface area (Å²) in [6.45, 7) is 0. The number of thioether (sulfide) groups is 1. The van der Waals surface area contributed by atoms with E-state index < -0.39 is 0 Å². The molecule has 1 rings (SSSR count). The van der Waals surface area contributed by atoms with E-state index in [1.54, 1.807) is 11.8 Å². The third-order valence-electron chi connectivity index (χ3n) is 0.542. The van der Waals surface area contributed by atoms with Crippen LogP contribution >= 0.6 is 43.6 Å².